The Morgan fingerprint density at radius 1 is 1.67 bits per heavy atom. The van der Waals surface area contributed by atoms with Gasteiger partial charge in [-0.3, -0.25) is 0 Å². The molecule has 0 bridgehead atoms. The van der Waals surface area contributed by atoms with Crippen molar-refractivity contribution in [3.8, 4) is 0 Å². The molecule has 0 saturated carbocycles. The summed E-state index contributed by atoms with van der Waals surface area (Å²) in [6, 6.07) is 0. The van der Waals surface area contributed by atoms with Gasteiger partial charge in [-0.05, 0) is 13.0 Å². The first kappa shape index (κ1) is 9.15. The van der Waals surface area contributed by atoms with Gasteiger partial charge >= 0.3 is 0 Å². The third-order valence-corrected chi connectivity index (χ3v) is 1.39. The molecule has 1 aromatic heterocycles. The van der Waals surface area contributed by atoms with E-state index in [0.717, 1.165) is 19.6 Å². The molecule has 0 aromatic carbocycles. The van der Waals surface area contributed by atoms with Crippen molar-refractivity contribution in [3.05, 3.63) is 12.2 Å². The van der Waals surface area contributed by atoms with Crippen molar-refractivity contribution >= 4 is 0 Å². The van der Waals surface area contributed by atoms with E-state index in [1.807, 2.05) is 0 Å². The van der Waals surface area contributed by atoms with Crippen molar-refractivity contribution in [2.75, 3.05) is 20.3 Å². The van der Waals surface area contributed by atoms with Crippen LogP contribution in [0.4, 0.5) is 0 Å². The van der Waals surface area contributed by atoms with E-state index < -0.39 is 0 Å². The minimum atomic E-state index is 0.653. The maximum atomic E-state index is 4.89. The zero-order valence-electron chi connectivity index (χ0n) is 7.12. The van der Waals surface area contributed by atoms with Crippen molar-refractivity contribution in [3.63, 3.8) is 0 Å². The van der Waals surface area contributed by atoms with Gasteiger partial charge in [-0.15, -0.1) is 0 Å². The fourth-order valence-electron chi connectivity index (χ4n) is 0.812. The fourth-order valence-corrected chi connectivity index (χ4v) is 0.812. The minimum absolute atomic E-state index is 0.653. The number of aromatic nitrogens is 2. The average molecular weight is 171 g/mol. The van der Waals surface area contributed by atoms with Gasteiger partial charge in [-0.2, -0.15) is 4.98 Å². The van der Waals surface area contributed by atoms with Crippen LogP contribution in [0, 0.1) is 0 Å². The van der Waals surface area contributed by atoms with Gasteiger partial charge in [-0.1, -0.05) is 5.16 Å². The van der Waals surface area contributed by atoms with Crippen LogP contribution in [-0.2, 0) is 11.3 Å². The first-order valence-corrected chi connectivity index (χ1v) is 3.88. The van der Waals surface area contributed by atoms with Crippen LogP contribution in [0.2, 0.25) is 0 Å². The van der Waals surface area contributed by atoms with Crippen LogP contribution in [0.3, 0.4) is 0 Å². The Labute approximate surface area is 71.1 Å². The van der Waals surface area contributed by atoms with Crippen LogP contribution in [0.1, 0.15) is 12.2 Å². The molecule has 1 rings (SSSR count). The SMILES string of the molecule is COCCCNCc1ncon1. The molecule has 0 amide bonds. The monoisotopic (exact) mass is 171 g/mol. The molecule has 0 aliphatic heterocycles. The summed E-state index contributed by atoms with van der Waals surface area (Å²) in [4.78, 5) is 3.86. The lowest BCUT2D eigenvalue weighted by atomic mass is 10.4. The molecule has 5 nitrogen and oxygen atoms in total. The largest absolute Gasteiger partial charge is 0.385 e. The Morgan fingerprint density at radius 3 is 3.25 bits per heavy atom. The van der Waals surface area contributed by atoms with E-state index in [1.165, 1.54) is 6.39 Å². The smallest absolute Gasteiger partial charge is 0.213 e. The van der Waals surface area contributed by atoms with Gasteiger partial charge in [0.25, 0.3) is 0 Å². The Hall–Kier alpha value is -0.940. The summed E-state index contributed by atoms with van der Waals surface area (Å²) >= 11 is 0. The van der Waals surface area contributed by atoms with E-state index in [9.17, 15) is 0 Å². The standard InChI is InChI=1S/C7H13N3O2/c1-11-4-2-3-8-5-7-9-6-12-10-7/h6,8H,2-5H2,1H3. The second-order valence-corrected chi connectivity index (χ2v) is 2.37. The normalized spacial score (nSPS) is 10.4. The van der Waals surface area contributed by atoms with Crippen molar-refractivity contribution in [2.45, 2.75) is 13.0 Å². The van der Waals surface area contributed by atoms with E-state index >= 15 is 0 Å². The lowest BCUT2D eigenvalue weighted by molar-refractivity contribution is 0.194. The van der Waals surface area contributed by atoms with Crippen molar-refractivity contribution in [1.82, 2.24) is 15.5 Å². The maximum absolute atomic E-state index is 4.89. The van der Waals surface area contributed by atoms with E-state index in [0.29, 0.717) is 12.4 Å². The third-order valence-electron chi connectivity index (χ3n) is 1.39. The number of hydrogen-bond acceptors (Lipinski definition) is 5. The highest BCUT2D eigenvalue weighted by molar-refractivity contribution is 4.75. The highest BCUT2D eigenvalue weighted by Crippen LogP contribution is 1.86. The Bertz CT molecular complexity index is 189. The summed E-state index contributed by atoms with van der Waals surface area (Å²) in [5, 5.41) is 6.81. The molecule has 1 aromatic rings. The predicted octanol–water partition coefficient (Wildman–Crippen LogP) is 0.196. The Kier molecular flexibility index (Phi) is 4.33. The number of nitrogens with one attached hydrogen (secondary N) is 1. The van der Waals surface area contributed by atoms with Crippen LogP contribution < -0.4 is 5.32 Å². The minimum Gasteiger partial charge on any atom is -0.385 e. The second kappa shape index (κ2) is 5.68. The van der Waals surface area contributed by atoms with Crippen LogP contribution in [0.15, 0.2) is 10.9 Å². The van der Waals surface area contributed by atoms with Gasteiger partial charge in [0.15, 0.2) is 5.82 Å². The molecule has 12 heavy (non-hydrogen) atoms. The Morgan fingerprint density at radius 2 is 2.58 bits per heavy atom. The molecule has 0 radical (unpaired) electrons. The Balaban J connectivity index is 1.96. The van der Waals surface area contributed by atoms with E-state index in [1.54, 1.807) is 7.11 Å². The molecule has 0 atom stereocenters. The molecule has 0 saturated heterocycles. The number of rotatable bonds is 6. The molecular weight excluding hydrogens is 158 g/mol. The number of methoxy groups -OCH3 is 1. The molecule has 0 unspecified atom stereocenters. The summed E-state index contributed by atoms with van der Waals surface area (Å²) < 4.78 is 9.46. The lowest BCUT2D eigenvalue weighted by Crippen LogP contribution is -2.16. The molecule has 1 heterocycles. The summed E-state index contributed by atoms with van der Waals surface area (Å²) in [6.45, 7) is 2.34. The lowest BCUT2D eigenvalue weighted by Gasteiger charge is -1.99. The maximum Gasteiger partial charge on any atom is 0.213 e. The molecular formula is C7H13N3O2. The summed E-state index contributed by atoms with van der Waals surface area (Å²) in [5.74, 6) is 0.687. The number of hydrogen-bond donors (Lipinski definition) is 1. The molecule has 0 aliphatic rings. The second-order valence-electron chi connectivity index (χ2n) is 2.37. The van der Waals surface area contributed by atoms with Gasteiger partial charge in [0.1, 0.15) is 0 Å². The quantitative estimate of drug-likeness (QED) is 0.619. The van der Waals surface area contributed by atoms with Gasteiger partial charge in [0, 0.05) is 13.7 Å². The van der Waals surface area contributed by atoms with Crippen LogP contribution >= 0.6 is 0 Å². The molecule has 0 fully saturated rings. The third kappa shape index (κ3) is 3.45. The van der Waals surface area contributed by atoms with Crippen LogP contribution in [-0.4, -0.2) is 30.4 Å². The zero-order chi connectivity index (χ0) is 8.65. The van der Waals surface area contributed by atoms with Crippen molar-refractivity contribution in [1.29, 1.82) is 0 Å². The molecule has 5 heteroatoms. The predicted molar refractivity (Wildman–Crippen MR) is 42.5 cm³/mol. The summed E-state index contributed by atoms with van der Waals surface area (Å²) in [7, 11) is 1.69. The van der Waals surface area contributed by atoms with Gasteiger partial charge in [0.2, 0.25) is 6.39 Å². The molecule has 1 N–H and O–H groups in total. The molecule has 0 aliphatic carbocycles. The average Bonchev–Trinajstić information content (AvgIpc) is 2.57. The highest BCUT2D eigenvalue weighted by atomic mass is 16.5. The fraction of sp³-hybridized carbons (Fsp3) is 0.714. The topological polar surface area (TPSA) is 60.2 Å². The number of ether oxygens (including phenoxy) is 1. The summed E-state index contributed by atoms with van der Waals surface area (Å²) in [5.41, 5.74) is 0. The van der Waals surface area contributed by atoms with Gasteiger partial charge in [-0.25, -0.2) is 0 Å². The van der Waals surface area contributed by atoms with E-state index in [-0.39, 0.29) is 0 Å². The summed E-state index contributed by atoms with van der Waals surface area (Å²) in [6.07, 6.45) is 2.32. The van der Waals surface area contributed by atoms with Crippen LogP contribution in [0.25, 0.3) is 0 Å². The number of nitrogens with zero attached hydrogens (tertiary/aromatic N) is 2. The van der Waals surface area contributed by atoms with Gasteiger partial charge in [0.05, 0.1) is 6.54 Å². The van der Waals surface area contributed by atoms with E-state index in [4.69, 9.17) is 4.74 Å². The highest BCUT2D eigenvalue weighted by Gasteiger charge is 1.95. The van der Waals surface area contributed by atoms with Crippen LogP contribution in [0.5, 0.6) is 0 Å². The molecule has 68 valence electrons. The van der Waals surface area contributed by atoms with Crippen molar-refractivity contribution in [2.24, 2.45) is 0 Å². The zero-order valence-corrected chi connectivity index (χ0v) is 7.12. The van der Waals surface area contributed by atoms with Gasteiger partial charge < -0.3 is 14.6 Å². The molecule has 0 spiro atoms. The van der Waals surface area contributed by atoms with Crippen molar-refractivity contribution < 1.29 is 9.26 Å². The first-order valence-electron chi connectivity index (χ1n) is 3.88. The first-order chi connectivity index (χ1) is 5.93. The van der Waals surface area contributed by atoms with E-state index in [2.05, 4.69) is 20.0 Å².